The van der Waals surface area contributed by atoms with E-state index in [0.717, 1.165) is 0 Å². The summed E-state index contributed by atoms with van der Waals surface area (Å²) in [5.41, 5.74) is 0.389. The number of hydrogen-bond acceptors (Lipinski definition) is 5. The summed E-state index contributed by atoms with van der Waals surface area (Å²) in [4.78, 5) is 23.5. The van der Waals surface area contributed by atoms with Crippen LogP contribution in [-0.2, 0) is 9.53 Å². The first-order valence-corrected chi connectivity index (χ1v) is 7.01. The molecule has 0 spiro atoms. The smallest absolute Gasteiger partial charge is 0.412 e. The zero-order valence-corrected chi connectivity index (χ0v) is 13.2. The molecule has 1 heterocycles. The van der Waals surface area contributed by atoms with Gasteiger partial charge in [0, 0.05) is 18.0 Å². The second-order valence-corrected chi connectivity index (χ2v) is 5.70. The Morgan fingerprint density at radius 1 is 1.38 bits per heavy atom. The molecule has 1 rings (SSSR count). The van der Waals surface area contributed by atoms with Crippen LogP contribution < -0.4 is 16.0 Å². The molecule has 2 amide bonds. The van der Waals surface area contributed by atoms with E-state index in [1.54, 1.807) is 20.8 Å². The van der Waals surface area contributed by atoms with Gasteiger partial charge >= 0.3 is 6.09 Å². The molecule has 1 aliphatic heterocycles. The summed E-state index contributed by atoms with van der Waals surface area (Å²) in [6.45, 7) is 9.57. The second kappa shape index (κ2) is 6.71. The lowest BCUT2D eigenvalue weighted by molar-refractivity contribution is -0.123. The lowest BCUT2D eigenvalue weighted by atomic mass is 9.98. The average molecular weight is 296 g/mol. The third-order valence-electron chi connectivity index (χ3n) is 3.21. The minimum Gasteiger partial charge on any atom is -0.450 e. The predicted molar refractivity (Wildman–Crippen MR) is 80.0 cm³/mol. The summed E-state index contributed by atoms with van der Waals surface area (Å²) < 4.78 is 4.83. The molecule has 0 aromatic rings. The van der Waals surface area contributed by atoms with E-state index in [2.05, 4.69) is 16.0 Å². The fourth-order valence-electron chi connectivity index (χ4n) is 1.80. The Hall–Kier alpha value is -1.89. The number of ether oxygens (including phenoxy) is 1. The summed E-state index contributed by atoms with van der Waals surface area (Å²) >= 11 is 0. The Balaban J connectivity index is 3.04. The Labute approximate surface area is 125 Å². The van der Waals surface area contributed by atoms with Crippen LogP contribution in [0.15, 0.2) is 11.4 Å². The number of amides is 2. The van der Waals surface area contributed by atoms with Gasteiger partial charge in [-0.15, -0.1) is 0 Å². The molecule has 0 aromatic heterocycles. The van der Waals surface area contributed by atoms with Gasteiger partial charge in [0.05, 0.1) is 17.9 Å². The van der Waals surface area contributed by atoms with Crippen molar-refractivity contribution in [3.8, 4) is 0 Å². The Kier molecular flexibility index (Phi) is 5.48. The van der Waals surface area contributed by atoms with E-state index in [1.165, 1.54) is 0 Å². The van der Waals surface area contributed by atoms with Gasteiger partial charge in [-0.2, -0.15) is 0 Å². The van der Waals surface area contributed by atoms with Crippen molar-refractivity contribution in [2.45, 2.75) is 40.2 Å². The fourth-order valence-corrected chi connectivity index (χ4v) is 1.80. The molecule has 7 nitrogen and oxygen atoms in total. The molecular weight excluding hydrogens is 272 g/mol. The number of carbonyl (C=O) groups excluding carboxylic acids is 2. The summed E-state index contributed by atoms with van der Waals surface area (Å²) in [5, 5.41) is 16.5. The molecule has 21 heavy (non-hydrogen) atoms. The zero-order chi connectivity index (χ0) is 16.2. The number of alkyl carbamates (subject to hydrolysis) is 1. The van der Waals surface area contributed by atoms with Crippen LogP contribution in [0.2, 0.25) is 0 Å². The quantitative estimate of drug-likeness (QED) is 0.624. The van der Waals surface area contributed by atoms with E-state index in [1.807, 2.05) is 13.8 Å². The Bertz CT molecular complexity index is 481. The van der Waals surface area contributed by atoms with Gasteiger partial charge in [0.2, 0.25) is 5.91 Å². The highest BCUT2D eigenvalue weighted by molar-refractivity contribution is 6.08. The molecule has 0 unspecified atom stereocenters. The number of hydrogen-bond donors (Lipinski definition) is 4. The van der Waals surface area contributed by atoms with Crippen LogP contribution in [0, 0.1) is 11.3 Å². The van der Waals surface area contributed by atoms with Gasteiger partial charge in [0.15, 0.2) is 0 Å². The fraction of sp³-hybridized carbons (Fsp3) is 0.643. The van der Waals surface area contributed by atoms with Crippen LogP contribution >= 0.6 is 0 Å². The van der Waals surface area contributed by atoms with Gasteiger partial charge < -0.3 is 20.8 Å². The molecule has 0 aromatic carbocycles. The van der Waals surface area contributed by atoms with E-state index < -0.39 is 11.6 Å². The molecule has 7 heteroatoms. The number of rotatable bonds is 4. The van der Waals surface area contributed by atoms with E-state index in [9.17, 15) is 9.59 Å². The first-order valence-electron chi connectivity index (χ1n) is 7.01. The SMILES string of the molecule is CCOC(=O)N/C(NC(=O)C(C)C)=C1/CNC(C)(C)C1=N. The highest BCUT2D eigenvalue weighted by Crippen LogP contribution is 2.20. The Morgan fingerprint density at radius 3 is 2.43 bits per heavy atom. The monoisotopic (exact) mass is 296 g/mol. The third-order valence-corrected chi connectivity index (χ3v) is 3.21. The maximum absolute atomic E-state index is 11.9. The first kappa shape index (κ1) is 17.2. The molecule has 1 aliphatic rings. The standard InChI is InChI=1S/C14H24N4O3/c1-6-21-13(20)18-11(17-12(19)8(2)3)9-7-16-14(4,5)10(9)15/h8,15-16H,6-7H2,1-5H3,(H,17,19)(H,18,20)/b11-9-,15-10?. The molecule has 1 fully saturated rings. The largest absolute Gasteiger partial charge is 0.450 e. The maximum atomic E-state index is 11.9. The van der Waals surface area contributed by atoms with E-state index in [-0.39, 0.29) is 24.3 Å². The zero-order valence-electron chi connectivity index (χ0n) is 13.2. The molecule has 0 radical (unpaired) electrons. The topological polar surface area (TPSA) is 103 Å². The van der Waals surface area contributed by atoms with Crippen LogP contribution in [-0.4, -0.2) is 36.4 Å². The molecule has 1 saturated heterocycles. The van der Waals surface area contributed by atoms with Gasteiger partial charge in [0.25, 0.3) is 0 Å². The Morgan fingerprint density at radius 2 is 2.00 bits per heavy atom. The van der Waals surface area contributed by atoms with E-state index in [4.69, 9.17) is 10.1 Å². The molecule has 118 valence electrons. The van der Waals surface area contributed by atoms with Crippen molar-refractivity contribution in [2.24, 2.45) is 5.92 Å². The van der Waals surface area contributed by atoms with Crippen LogP contribution in [0.4, 0.5) is 4.79 Å². The van der Waals surface area contributed by atoms with Gasteiger partial charge in [-0.3, -0.25) is 10.1 Å². The first-order chi connectivity index (χ1) is 9.69. The molecule has 0 atom stereocenters. The van der Waals surface area contributed by atoms with Gasteiger partial charge in [0.1, 0.15) is 5.82 Å². The molecule has 0 aliphatic carbocycles. The average Bonchev–Trinajstić information content (AvgIpc) is 2.64. The molecule has 0 bridgehead atoms. The van der Waals surface area contributed by atoms with Gasteiger partial charge in [-0.05, 0) is 20.8 Å². The summed E-state index contributed by atoms with van der Waals surface area (Å²) in [6.07, 6.45) is -0.651. The van der Waals surface area contributed by atoms with Crippen LogP contribution in [0.1, 0.15) is 34.6 Å². The second-order valence-electron chi connectivity index (χ2n) is 5.70. The lowest BCUT2D eigenvalue weighted by Gasteiger charge is -2.19. The van der Waals surface area contributed by atoms with Crippen molar-refractivity contribution < 1.29 is 14.3 Å². The van der Waals surface area contributed by atoms with Crippen LogP contribution in [0.3, 0.4) is 0 Å². The van der Waals surface area contributed by atoms with Crippen molar-refractivity contribution in [3.63, 3.8) is 0 Å². The summed E-state index contributed by atoms with van der Waals surface area (Å²) in [5.74, 6) is -0.247. The van der Waals surface area contributed by atoms with Crippen molar-refractivity contribution in [3.05, 3.63) is 11.4 Å². The number of nitrogens with one attached hydrogen (secondary N) is 4. The van der Waals surface area contributed by atoms with E-state index >= 15 is 0 Å². The van der Waals surface area contributed by atoms with Gasteiger partial charge in [-0.25, -0.2) is 4.79 Å². The van der Waals surface area contributed by atoms with E-state index in [0.29, 0.717) is 17.8 Å². The van der Waals surface area contributed by atoms with Crippen LogP contribution in [0.25, 0.3) is 0 Å². The van der Waals surface area contributed by atoms with Crippen molar-refractivity contribution in [1.82, 2.24) is 16.0 Å². The van der Waals surface area contributed by atoms with Crippen molar-refractivity contribution in [2.75, 3.05) is 13.2 Å². The predicted octanol–water partition coefficient (Wildman–Crippen LogP) is 1.12. The third kappa shape index (κ3) is 4.29. The summed E-state index contributed by atoms with van der Waals surface area (Å²) in [7, 11) is 0. The van der Waals surface area contributed by atoms with Crippen molar-refractivity contribution in [1.29, 1.82) is 5.41 Å². The molecule has 4 N–H and O–H groups in total. The van der Waals surface area contributed by atoms with Gasteiger partial charge in [-0.1, -0.05) is 13.8 Å². The van der Waals surface area contributed by atoms with Crippen LogP contribution in [0.5, 0.6) is 0 Å². The maximum Gasteiger partial charge on any atom is 0.412 e. The normalized spacial score (nSPS) is 19.4. The minimum atomic E-state index is -0.651. The molecular formula is C14H24N4O3. The van der Waals surface area contributed by atoms with Crippen molar-refractivity contribution >= 4 is 17.7 Å². The lowest BCUT2D eigenvalue weighted by Crippen LogP contribution is -2.40. The highest BCUT2D eigenvalue weighted by atomic mass is 16.5. The minimum absolute atomic E-state index is 0.218. The highest BCUT2D eigenvalue weighted by Gasteiger charge is 2.35. The number of carbonyl (C=O) groups is 2. The molecule has 0 saturated carbocycles. The summed E-state index contributed by atoms with van der Waals surface area (Å²) in [6, 6.07) is 0.